The predicted octanol–water partition coefficient (Wildman–Crippen LogP) is 1.06. The molecule has 30 valence electrons. The molecule has 1 aliphatic heterocycles. The first kappa shape index (κ1) is 3.59. The summed E-state index contributed by atoms with van der Waals surface area (Å²) in [5, 5.41) is 0. The fourth-order valence-electron chi connectivity index (χ4n) is 0.330. The van der Waals surface area contributed by atoms with Gasteiger partial charge in [0.1, 0.15) is 0 Å². The summed E-state index contributed by atoms with van der Waals surface area (Å²) in [6.07, 6.45) is 9.24. The van der Waals surface area contributed by atoms with Crippen molar-refractivity contribution in [3.8, 4) is 0 Å². The van der Waals surface area contributed by atoms with Crippen molar-refractivity contribution < 1.29 is 0 Å². The van der Waals surface area contributed by atoms with Crippen molar-refractivity contribution in [2.75, 3.05) is 0 Å². The molecule has 1 nitrogen and oxygen atoms in total. The van der Waals surface area contributed by atoms with E-state index in [0.717, 1.165) is 6.42 Å². The molecule has 0 fully saturated rings. The SMILES string of the molecule is [C]1C=NC=CC1. The number of nitrogens with zero attached hydrogens (tertiary/aromatic N) is 1. The number of rotatable bonds is 0. The molecule has 0 spiro atoms. The lowest BCUT2D eigenvalue weighted by Crippen LogP contribution is -1.77. The van der Waals surface area contributed by atoms with E-state index >= 15 is 0 Å². The molecule has 0 amide bonds. The summed E-state index contributed by atoms with van der Waals surface area (Å²) < 4.78 is 0. The van der Waals surface area contributed by atoms with E-state index < -0.39 is 0 Å². The summed E-state index contributed by atoms with van der Waals surface area (Å²) in [6.45, 7) is 0. The van der Waals surface area contributed by atoms with Gasteiger partial charge in [-0.2, -0.15) is 0 Å². The quantitative estimate of drug-likeness (QED) is 0.411. The average Bonchev–Trinajstić information content (AvgIpc) is 1.72. The van der Waals surface area contributed by atoms with Gasteiger partial charge in [-0.3, -0.25) is 4.99 Å². The molecule has 2 radical (unpaired) electrons. The zero-order chi connectivity index (χ0) is 4.24. The van der Waals surface area contributed by atoms with Crippen LogP contribution in [0.4, 0.5) is 0 Å². The van der Waals surface area contributed by atoms with Crippen molar-refractivity contribution in [1.29, 1.82) is 0 Å². The van der Waals surface area contributed by atoms with E-state index in [9.17, 15) is 0 Å². The Kier molecular flexibility index (Phi) is 1.05. The van der Waals surface area contributed by atoms with Gasteiger partial charge >= 0.3 is 0 Å². The molecule has 0 aliphatic carbocycles. The maximum Gasteiger partial charge on any atom is 0.0328 e. The van der Waals surface area contributed by atoms with Crippen molar-refractivity contribution in [1.82, 2.24) is 0 Å². The summed E-state index contributed by atoms with van der Waals surface area (Å²) in [6, 6.07) is 0. The molecule has 1 aliphatic rings. The van der Waals surface area contributed by atoms with Crippen LogP contribution in [0.5, 0.6) is 0 Å². The van der Waals surface area contributed by atoms with Gasteiger partial charge < -0.3 is 0 Å². The van der Waals surface area contributed by atoms with Crippen LogP contribution in [-0.4, -0.2) is 6.21 Å². The minimum atomic E-state index is 0.920. The first-order chi connectivity index (χ1) is 3.00. The van der Waals surface area contributed by atoms with Crippen LogP contribution in [-0.2, 0) is 0 Å². The molecule has 0 N–H and O–H groups in total. The second-order valence-electron chi connectivity index (χ2n) is 1.07. The van der Waals surface area contributed by atoms with Gasteiger partial charge in [-0.05, 0) is 6.42 Å². The Hall–Kier alpha value is -0.590. The Bertz CT molecular complexity index is 69.9. The normalized spacial score (nSPS) is 18.7. The lowest BCUT2D eigenvalue weighted by Gasteiger charge is -1.86. The fraction of sp³-hybridized carbons (Fsp3) is 0.200. The minimum absolute atomic E-state index is 0.920. The highest BCUT2D eigenvalue weighted by atomic mass is 14.7. The van der Waals surface area contributed by atoms with E-state index in [1.807, 2.05) is 6.08 Å². The highest BCUT2D eigenvalue weighted by molar-refractivity contribution is 5.69. The zero-order valence-corrected chi connectivity index (χ0v) is 3.39. The van der Waals surface area contributed by atoms with Crippen LogP contribution in [0.25, 0.3) is 0 Å². The molecule has 0 saturated carbocycles. The van der Waals surface area contributed by atoms with E-state index in [1.165, 1.54) is 0 Å². The standard InChI is InChI=1S/C5H5N/c1-2-4-6-5-3-1/h2,4-5H,1H2. The molecule has 0 atom stereocenters. The van der Waals surface area contributed by atoms with Gasteiger partial charge in [-0.25, -0.2) is 0 Å². The van der Waals surface area contributed by atoms with Crippen LogP contribution in [0.15, 0.2) is 17.3 Å². The van der Waals surface area contributed by atoms with Gasteiger partial charge in [0.25, 0.3) is 0 Å². The minimum Gasteiger partial charge on any atom is -0.269 e. The van der Waals surface area contributed by atoms with E-state index in [-0.39, 0.29) is 0 Å². The lowest BCUT2D eigenvalue weighted by atomic mass is 10.3. The van der Waals surface area contributed by atoms with Crippen molar-refractivity contribution in [3.05, 3.63) is 18.7 Å². The van der Waals surface area contributed by atoms with Crippen LogP contribution in [0, 0.1) is 6.42 Å². The number of hydrogen-bond acceptors (Lipinski definition) is 1. The fourth-order valence-corrected chi connectivity index (χ4v) is 0.330. The highest BCUT2D eigenvalue weighted by Crippen LogP contribution is 1.91. The third-order valence-electron chi connectivity index (χ3n) is 0.593. The van der Waals surface area contributed by atoms with Gasteiger partial charge in [0.2, 0.25) is 0 Å². The van der Waals surface area contributed by atoms with E-state index in [1.54, 1.807) is 12.4 Å². The molecule has 0 aromatic rings. The Morgan fingerprint density at radius 2 is 2.67 bits per heavy atom. The van der Waals surface area contributed by atoms with Crippen molar-refractivity contribution in [3.63, 3.8) is 0 Å². The van der Waals surface area contributed by atoms with Crippen LogP contribution in [0.3, 0.4) is 0 Å². The third kappa shape index (κ3) is 0.677. The van der Waals surface area contributed by atoms with Gasteiger partial charge in [-0.1, -0.05) is 6.08 Å². The maximum absolute atomic E-state index is 3.76. The predicted molar refractivity (Wildman–Crippen MR) is 25.5 cm³/mol. The molecule has 6 heavy (non-hydrogen) atoms. The molecule has 0 aromatic carbocycles. The lowest BCUT2D eigenvalue weighted by molar-refractivity contribution is 1.28. The molecule has 0 saturated heterocycles. The van der Waals surface area contributed by atoms with E-state index in [2.05, 4.69) is 11.4 Å². The Morgan fingerprint density at radius 1 is 1.67 bits per heavy atom. The van der Waals surface area contributed by atoms with Gasteiger partial charge in [0.05, 0.1) is 0 Å². The Balaban J connectivity index is 2.46. The van der Waals surface area contributed by atoms with Gasteiger partial charge in [0, 0.05) is 18.8 Å². The van der Waals surface area contributed by atoms with Crippen LogP contribution in [0.1, 0.15) is 6.42 Å². The number of hydrogen-bond donors (Lipinski definition) is 0. The number of allylic oxidation sites excluding steroid dienone is 1. The second-order valence-corrected chi connectivity index (χ2v) is 1.07. The van der Waals surface area contributed by atoms with Crippen LogP contribution < -0.4 is 0 Å². The molecule has 1 rings (SSSR count). The van der Waals surface area contributed by atoms with Crippen LogP contribution in [0.2, 0.25) is 0 Å². The summed E-state index contributed by atoms with van der Waals surface area (Å²) in [5.41, 5.74) is 0. The van der Waals surface area contributed by atoms with E-state index in [0.29, 0.717) is 0 Å². The first-order valence-electron chi connectivity index (χ1n) is 1.90. The molecule has 1 heteroatoms. The third-order valence-corrected chi connectivity index (χ3v) is 0.593. The summed E-state index contributed by atoms with van der Waals surface area (Å²) in [7, 11) is 0. The zero-order valence-electron chi connectivity index (χ0n) is 3.39. The largest absolute Gasteiger partial charge is 0.269 e. The molecule has 0 unspecified atom stereocenters. The summed E-state index contributed by atoms with van der Waals surface area (Å²) in [5.74, 6) is 0. The summed E-state index contributed by atoms with van der Waals surface area (Å²) >= 11 is 0. The summed E-state index contributed by atoms with van der Waals surface area (Å²) in [4.78, 5) is 3.76. The van der Waals surface area contributed by atoms with Gasteiger partial charge in [-0.15, -0.1) is 0 Å². The monoisotopic (exact) mass is 79.0 g/mol. The Morgan fingerprint density at radius 3 is 2.83 bits per heavy atom. The topological polar surface area (TPSA) is 12.4 Å². The molecular formula is C5H5N. The molecular weight excluding hydrogens is 74.1 g/mol. The molecule has 0 aromatic heterocycles. The molecule has 1 heterocycles. The average molecular weight is 79.1 g/mol. The first-order valence-corrected chi connectivity index (χ1v) is 1.90. The second kappa shape index (κ2) is 1.75. The maximum atomic E-state index is 3.76. The Labute approximate surface area is 37.4 Å². The van der Waals surface area contributed by atoms with Crippen LogP contribution >= 0.6 is 0 Å². The van der Waals surface area contributed by atoms with Crippen molar-refractivity contribution in [2.45, 2.75) is 6.42 Å². The highest BCUT2D eigenvalue weighted by Gasteiger charge is 1.80. The van der Waals surface area contributed by atoms with Crippen molar-refractivity contribution >= 4 is 6.21 Å². The van der Waals surface area contributed by atoms with Crippen molar-refractivity contribution in [2.24, 2.45) is 4.99 Å². The van der Waals surface area contributed by atoms with E-state index in [4.69, 9.17) is 0 Å². The number of aliphatic imine (C=N–C) groups is 1. The van der Waals surface area contributed by atoms with Gasteiger partial charge in [0.15, 0.2) is 0 Å². The molecule has 0 bridgehead atoms. The smallest absolute Gasteiger partial charge is 0.0328 e.